The SMILES string of the molecule is O=C1N[C@@](CBr)(c2ccccc2)CO1. The summed E-state index contributed by atoms with van der Waals surface area (Å²) in [6, 6.07) is 9.81. The highest BCUT2D eigenvalue weighted by atomic mass is 79.9. The predicted octanol–water partition coefficient (Wildman–Crippen LogP) is 2.02. The smallest absolute Gasteiger partial charge is 0.408 e. The summed E-state index contributed by atoms with van der Waals surface area (Å²) >= 11 is 3.40. The quantitative estimate of drug-likeness (QED) is 0.822. The Kier molecular flexibility index (Phi) is 2.46. The maximum Gasteiger partial charge on any atom is 0.408 e. The van der Waals surface area contributed by atoms with Gasteiger partial charge in [-0.05, 0) is 5.56 Å². The Morgan fingerprint density at radius 3 is 2.64 bits per heavy atom. The lowest BCUT2D eigenvalue weighted by Crippen LogP contribution is -2.42. The maximum absolute atomic E-state index is 11.0. The highest BCUT2D eigenvalue weighted by Crippen LogP contribution is 2.27. The van der Waals surface area contributed by atoms with Crippen LogP contribution in [0.5, 0.6) is 0 Å². The van der Waals surface area contributed by atoms with Gasteiger partial charge in [0.2, 0.25) is 0 Å². The van der Waals surface area contributed by atoms with Crippen molar-refractivity contribution in [1.29, 1.82) is 0 Å². The fraction of sp³-hybridized carbons (Fsp3) is 0.300. The molecular formula is C10H10BrNO2. The van der Waals surface area contributed by atoms with E-state index in [9.17, 15) is 4.79 Å². The fourth-order valence-electron chi connectivity index (χ4n) is 1.52. The summed E-state index contributed by atoms with van der Waals surface area (Å²) in [5, 5.41) is 3.47. The number of hydrogen-bond donors (Lipinski definition) is 1. The zero-order chi connectivity index (χ0) is 10.0. The molecule has 1 aliphatic rings. The number of benzene rings is 1. The van der Waals surface area contributed by atoms with Gasteiger partial charge < -0.3 is 10.1 Å². The van der Waals surface area contributed by atoms with Gasteiger partial charge in [0.1, 0.15) is 12.1 Å². The highest BCUT2D eigenvalue weighted by Gasteiger charge is 2.40. The largest absolute Gasteiger partial charge is 0.447 e. The number of amides is 1. The molecule has 1 aromatic rings. The molecule has 74 valence electrons. The minimum Gasteiger partial charge on any atom is -0.447 e. The Bertz CT molecular complexity index is 341. The van der Waals surface area contributed by atoms with Crippen molar-refractivity contribution in [2.75, 3.05) is 11.9 Å². The molecule has 1 aromatic carbocycles. The Morgan fingerprint density at radius 2 is 2.14 bits per heavy atom. The number of hydrogen-bond acceptors (Lipinski definition) is 2. The predicted molar refractivity (Wildman–Crippen MR) is 56.4 cm³/mol. The number of alkyl carbamates (subject to hydrolysis) is 1. The van der Waals surface area contributed by atoms with Crippen molar-refractivity contribution in [3.05, 3.63) is 35.9 Å². The number of ether oxygens (including phenoxy) is 1. The molecule has 2 rings (SSSR count). The van der Waals surface area contributed by atoms with Crippen LogP contribution in [0.4, 0.5) is 4.79 Å². The molecular weight excluding hydrogens is 246 g/mol. The normalized spacial score (nSPS) is 25.6. The molecule has 0 bridgehead atoms. The summed E-state index contributed by atoms with van der Waals surface area (Å²) < 4.78 is 4.93. The zero-order valence-electron chi connectivity index (χ0n) is 7.50. The number of cyclic esters (lactones) is 1. The first-order valence-corrected chi connectivity index (χ1v) is 5.45. The lowest BCUT2D eigenvalue weighted by atomic mass is 9.94. The van der Waals surface area contributed by atoms with Crippen LogP contribution in [0.25, 0.3) is 0 Å². The van der Waals surface area contributed by atoms with Crippen molar-refractivity contribution >= 4 is 22.0 Å². The molecule has 1 atom stereocenters. The van der Waals surface area contributed by atoms with E-state index in [0.717, 1.165) is 5.56 Å². The third-order valence-corrected chi connectivity index (χ3v) is 3.30. The third kappa shape index (κ3) is 1.50. The van der Waals surface area contributed by atoms with Crippen molar-refractivity contribution < 1.29 is 9.53 Å². The Labute approximate surface area is 90.6 Å². The van der Waals surface area contributed by atoms with Crippen molar-refractivity contribution in [2.24, 2.45) is 0 Å². The Balaban J connectivity index is 2.34. The molecule has 1 aliphatic heterocycles. The van der Waals surface area contributed by atoms with E-state index in [1.165, 1.54) is 0 Å². The summed E-state index contributed by atoms with van der Waals surface area (Å²) in [6.07, 6.45) is -0.353. The third-order valence-electron chi connectivity index (χ3n) is 2.35. The number of alkyl halides is 1. The van der Waals surface area contributed by atoms with Gasteiger partial charge in [-0.1, -0.05) is 46.3 Å². The molecule has 1 heterocycles. The Hall–Kier alpha value is -1.03. The van der Waals surface area contributed by atoms with Gasteiger partial charge in [-0.3, -0.25) is 0 Å². The molecule has 0 unspecified atom stereocenters. The van der Waals surface area contributed by atoms with Crippen molar-refractivity contribution in [2.45, 2.75) is 5.54 Å². The second-order valence-corrected chi connectivity index (χ2v) is 3.84. The molecule has 1 fully saturated rings. The van der Waals surface area contributed by atoms with E-state index in [1.54, 1.807) is 0 Å². The minimum absolute atomic E-state index is 0.353. The van der Waals surface area contributed by atoms with E-state index in [4.69, 9.17) is 4.74 Å². The standard InChI is InChI=1S/C10H10BrNO2/c11-6-10(7-14-9(13)12-10)8-4-2-1-3-5-8/h1-5H,6-7H2,(H,12,13)/t10-/m1/s1. The molecule has 1 saturated heterocycles. The van der Waals surface area contributed by atoms with E-state index in [-0.39, 0.29) is 6.09 Å². The molecule has 4 heteroatoms. The van der Waals surface area contributed by atoms with Gasteiger partial charge in [0.05, 0.1) is 0 Å². The van der Waals surface area contributed by atoms with E-state index in [0.29, 0.717) is 11.9 Å². The van der Waals surface area contributed by atoms with Crippen LogP contribution in [0.3, 0.4) is 0 Å². The van der Waals surface area contributed by atoms with Gasteiger partial charge in [0, 0.05) is 5.33 Å². The molecule has 0 radical (unpaired) electrons. The van der Waals surface area contributed by atoms with Crippen LogP contribution >= 0.6 is 15.9 Å². The monoisotopic (exact) mass is 255 g/mol. The second kappa shape index (κ2) is 3.61. The molecule has 14 heavy (non-hydrogen) atoms. The first kappa shape index (κ1) is 9.52. The molecule has 1 N–H and O–H groups in total. The summed E-state index contributed by atoms with van der Waals surface area (Å²) in [5.41, 5.74) is 0.654. The second-order valence-electron chi connectivity index (χ2n) is 3.28. The first-order valence-electron chi connectivity index (χ1n) is 4.33. The van der Waals surface area contributed by atoms with Gasteiger partial charge in [-0.25, -0.2) is 4.79 Å². The van der Waals surface area contributed by atoms with Crippen molar-refractivity contribution in [3.63, 3.8) is 0 Å². The summed E-state index contributed by atoms with van der Waals surface area (Å²) in [4.78, 5) is 11.0. The van der Waals surface area contributed by atoms with Crippen LogP contribution in [0.1, 0.15) is 5.56 Å². The van der Waals surface area contributed by atoms with Gasteiger partial charge in [0.15, 0.2) is 0 Å². The number of halogens is 1. The van der Waals surface area contributed by atoms with E-state index < -0.39 is 5.54 Å². The van der Waals surface area contributed by atoms with Gasteiger partial charge >= 0.3 is 6.09 Å². The van der Waals surface area contributed by atoms with Gasteiger partial charge in [-0.15, -0.1) is 0 Å². The van der Waals surface area contributed by atoms with Gasteiger partial charge in [0.25, 0.3) is 0 Å². The maximum atomic E-state index is 11.0. The summed E-state index contributed by atoms with van der Waals surface area (Å²) in [7, 11) is 0. The minimum atomic E-state index is -0.404. The van der Waals surface area contributed by atoms with Gasteiger partial charge in [-0.2, -0.15) is 0 Å². The number of carbonyl (C=O) groups is 1. The summed E-state index contributed by atoms with van der Waals surface area (Å²) in [5.74, 6) is 0. The van der Waals surface area contributed by atoms with Crippen LogP contribution in [0.15, 0.2) is 30.3 Å². The van der Waals surface area contributed by atoms with Crippen molar-refractivity contribution in [1.82, 2.24) is 5.32 Å². The zero-order valence-corrected chi connectivity index (χ0v) is 9.08. The number of rotatable bonds is 2. The van der Waals surface area contributed by atoms with E-state index >= 15 is 0 Å². The van der Waals surface area contributed by atoms with Crippen molar-refractivity contribution in [3.8, 4) is 0 Å². The molecule has 1 amide bonds. The van der Waals surface area contributed by atoms with Crippen LogP contribution < -0.4 is 5.32 Å². The van der Waals surface area contributed by atoms with E-state index in [2.05, 4.69) is 21.2 Å². The topological polar surface area (TPSA) is 38.3 Å². The van der Waals surface area contributed by atoms with Crippen LogP contribution in [0.2, 0.25) is 0 Å². The number of nitrogens with one attached hydrogen (secondary N) is 1. The van der Waals surface area contributed by atoms with Crippen LogP contribution in [-0.4, -0.2) is 18.0 Å². The average Bonchev–Trinajstić information content (AvgIpc) is 2.63. The molecule has 0 saturated carbocycles. The average molecular weight is 256 g/mol. The highest BCUT2D eigenvalue weighted by molar-refractivity contribution is 9.09. The molecule has 0 aliphatic carbocycles. The Morgan fingerprint density at radius 1 is 1.43 bits per heavy atom. The molecule has 0 spiro atoms. The molecule has 0 aromatic heterocycles. The fourth-order valence-corrected chi connectivity index (χ4v) is 2.14. The molecule has 3 nitrogen and oxygen atoms in total. The van der Waals surface area contributed by atoms with Crippen LogP contribution in [0, 0.1) is 0 Å². The summed E-state index contributed by atoms with van der Waals surface area (Å²) in [6.45, 7) is 0.376. The lowest BCUT2D eigenvalue weighted by Gasteiger charge is -2.24. The van der Waals surface area contributed by atoms with E-state index in [1.807, 2.05) is 30.3 Å². The number of carbonyl (C=O) groups excluding carboxylic acids is 1. The lowest BCUT2D eigenvalue weighted by molar-refractivity contribution is 0.173. The first-order chi connectivity index (χ1) is 6.77. The van der Waals surface area contributed by atoms with Crippen LogP contribution in [-0.2, 0) is 10.3 Å².